The van der Waals surface area contributed by atoms with E-state index in [9.17, 15) is 4.79 Å². The van der Waals surface area contributed by atoms with Crippen molar-refractivity contribution in [1.29, 1.82) is 0 Å². The summed E-state index contributed by atoms with van der Waals surface area (Å²) in [5.74, 6) is 1.75. The number of nitrogens with one attached hydrogen (secondary N) is 1. The molecule has 1 atom stereocenters. The summed E-state index contributed by atoms with van der Waals surface area (Å²) < 4.78 is 11.6. The summed E-state index contributed by atoms with van der Waals surface area (Å²) in [6, 6.07) is 14.8. The highest BCUT2D eigenvalue weighted by molar-refractivity contribution is 5.78. The molecule has 0 saturated carbocycles. The molecule has 2 aliphatic rings. The maximum absolute atomic E-state index is 12.5. The van der Waals surface area contributed by atoms with Crippen molar-refractivity contribution in [3.8, 4) is 11.5 Å². The van der Waals surface area contributed by atoms with Gasteiger partial charge in [-0.2, -0.15) is 0 Å². The summed E-state index contributed by atoms with van der Waals surface area (Å²) in [5, 5.41) is 3.09. The first-order chi connectivity index (χ1) is 14.2. The smallest absolute Gasteiger partial charge is 0.234 e. The Hall–Kier alpha value is -2.53. The summed E-state index contributed by atoms with van der Waals surface area (Å²) in [6.07, 6.45) is 3.94. The predicted octanol–water partition coefficient (Wildman–Crippen LogP) is 3.65. The van der Waals surface area contributed by atoms with Gasteiger partial charge in [-0.15, -0.1) is 0 Å². The topological polar surface area (TPSA) is 50.8 Å². The van der Waals surface area contributed by atoms with Gasteiger partial charge in [0.15, 0.2) is 11.5 Å². The van der Waals surface area contributed by atoms with Crippen molar-refractivity contribution in [2.45, 2.75) is 38.6 Å². The van der Waals surface area contributed by atoms with Crippen LogP contribution in [-0.2, 0) is 11.2 Å². The number of rotatable bonds is 6. The van der Waals surface area contributed by atoms with E-state index in [1.54, 1.807) is 0 Å². The Morgan fingerprint density at radius 2 is 1.93 bits per heavy atom. The highest BCUT2D eigenvalue weighted by atomic mass is 16.5. The van der Waals surface area contributed by atoms with E-state index in [2.05, 4.69) is 41.4 Å². The lowest BCUT2D eigenvalue weighted by Crippen LogP contribution is -2.37. The lowest BCUT2D eigenvalue weighted by Gasteiger charge is -2.25. The Morgan fingerprint density at radius 1 is 1.10 bits per heavy atom. The van der Waals surface area contributed by atoms with Crippen LogP contribution in [0, 0.1) is 6.92 Å². The Labute approximate surface area is 173 Å². The van der Waals surface area contributed by atoms with Gasteiger partial charge in [0, 0.05) is 19.0 Å². The van der Waals surface area contributed by atoms with Crippen molar-refractivity contribution in [3.63, 3.8) is 0 Å². The molecular formula is C24H30N2O3. The van der Waals surface area contributed by atoms with Gasteiger partial charge in [0.2, 0.25) is 5.91 Å². The quantitative estimate of drug-likeness (QED) is 0.813. The minimum atomic E-state index is 0.0971. The van der Waals surface area contributed by atoms with Gasteiger partial charge in [0.05, 0.1) is 19.8 Å². The fourth-order valence-electron chi connectivity index (χ4n) is 4.25. The van der Waals surface area contributed by atoms with Crippen molar-refractivity contribution >= 4 is 5.91 Å². The van der Waals surface area contributed by atoms with Crippen LogP contribution in [0.15, 0.2) is 42.5 Å². The normalized spacial score (nSPS) is 19.0. The van der Waals surface area contributed by atoms with Crippen molar-refractivity contribution in [2.75, 3.05) is 32.8 Å². The highest BCUT2D eigenvalue weighted by Gasteiger charge is 2.28. The van der Waals surface area contributed by atoms with Crippen LogP contribution >= 0.6 is 0 Å². The van der Waals surface area contributed by atoms with Crippen LogP contribution in [0.4, 0.5) is 0 Å². The van der Waals surface area contributed by atoms with Gasteiger partial charge < -0.3 is 14.8 Å². The zero-order valence-electron chi connectivity index (χ0n) is 17.2. The molecule has 1 N–H and O–H groups in total. The SMILES string of the molecule is Cc1ccccc1CCNC(=O)CN1CCCC1c1ccc2c(c1)OCCCO2. The van der Waals surface area contributed by atoms with E-state index >= 15 is 0 Å². The predicted molar refractivity (Wildman–Crippen MR) is 113 cm³/mol. The van der Waals surface area contributed by atoms with E-state index in [0.717, 1.165) is 43.7 Å². The second-order valence-electron chi connectivity index (χ2n) is 7.91. The summed E-state index contributed by atoms with van der Waals surface area (Å²) in [6.45, 7) is 5.56. The minimum absolute atomic E-state index is 0.0971. The number of carbonyl (C=O) groups excluding carboxylic acids is 1. The van der Waals surface area contributed by atoms with E-state index in [1.807, 2.05) is 18.2 Å². The van der Waals surface area contributed by atoms with E-state index in [1.165, 1.54) is 16.7 Å². The van der Waals surface area contributed by atoms with Gasteiger partial charge >= 0.3 is 0 Å². The van der Waals surface area contributed by atoms with Gasteiger partial charge in [0.25, 0.3) is 0 Å². The van der Waals surface area contributed by atoms with Gasteiger partial charge in [-0.25, -0.2) is 0 Å². The molecule has 1 amide bonds. The minimum Gasteiger partial charge on any atom is -0.490 e. The Bertz CT molecular complexity index is 852. The van der Waals surface area contributed by atoms with Crippen LogP contribution in [0.1, 0.15) is 42.0 Å². The van der Waals surface area contributed by atoms with Crippen LogP contribution in [0.3, 0.4) is 0 Å². The Kier molecular flexibility index (Phi) is 6.35. The molecule has 0 radical (unpaired) electrons. The van der Waals surface area contributed by atoms with Crippen LogP contribution in [0.5, 0.6) is 11.5 Å². The molecule has 29 heavy (non-hydrogen) atoms. The first-order valence-electron chi connectivity index (χ1n) is 10.7. The summed E-state index contributed by atoms with van der Waals surface area (Å²) in [7, 11) is 0. The van der Waals surface area contributed by atoms with Crippen molar-refractivity contribution in [3.05, 3.63) is 59.2 Å². The van der Waals surface area contributed by atoms with Gasteiger partial charge in [0.1, 0.15) is 0 Å². The molecule has 2 aromatic rings. The molecule has 0 aliphatic carbocycles. The average molecular weight is 395 g/mol. The molecule has 0 bridgehead atoms. The average Bonchev–Trinajstić information content (AvgIpc) is 3.04. The molecule has 0 spiro atoms. The van der Waals surface area contributed by atoms with E-state index in [-0.39, 0.29) is 11.9 Å². The number of amides is 1. The van der Waals surface area contributed by atoms with Gasteiger partial charge in [-0.1, -0.05) is 30.3 Å². The zero-order valence-corrected chi connectivity index (χ0v) is 17.2. The number of fused-ring (bicyclic) bond motifs is 1. The van der Waals surface area contributed by atoms with Crippen LogP contribution in [0.25, 0.3) is 0 Å². The number of aryl methyl sites for hydroxylation is 1. The monoisotopic (exact) mass is 394 g/mol. The molecule has 5 nitrogen and oxygen atoms in total. The lowest BCUT2D eigenvalue weighted by molar-refractivity contribution is -0.122. The fourth-order valence-corrected chi connectivity index (χ4v) is 4.25. The summed E-state index contributed by atoms with van der Waals surface area (Å²) >= 11 is 0. The molecule has 5 heteroatoms. The Morgan fingerprint density at radius 3 is 2.79 bits per heavy atom. The lowest BCUT2D eigenvalue weighted by atomic mass is 10.0. The van der Waals surface area contributed by atoms with E-state index in [0.29, 0.717) is 26.3 Å². The highest BCUT2D eigenvalue weighted by Crippen LogP contribution is 2.37. The van der Waals surface area contributed by atoms with E-state index < -0.39 is 0 Å². The van der Waals surface area contributed by atoms with Crippen LogP contribution < -0.4 is 14.8 Å². The second-order valence-corrected chi connectivity index (χ2v) is 7.91. The third-order valence-corrected chi connectivity index (χ3v) is 5.84. The third kappa shape index (κ3) is 4.91. The van der Waals surface area contributed by atoms with Crippen molar-refractivity contribution in [2.24, 2.45) is 0 Å². The Balaban J connectivity index is 1.33. The first kappa shape index (κ1) is 19.8. The largest absolute Gasteiger partial charge is 0.490 e. The number of carbonyl (C=O) groups is 1. The first-order valence-corrected chi connectivity index (χ1v) is 10.7. The van der Waals surface area contributed by atoms with Gasteiger partial charge in [-0.05, 0) is 61.6 Å². The van der Waals surface area contributed by atoms with Crippen molar-refractivity contribution in [1.82, 2.24) is 10.2 Å². The molecule has 1 saturated heterocycles. The summed E-state index contributed by atoms with van der Waals surface area (Å²) in [5.41, 5.74) is 3.77. The zero-order chi connectivity index (χ0) is 20.1. The number of likely N-dealkylation sites (tertiary alicyclic amines) is 1. The molecule has 0 aromatic heterocycles. The van der Waals surface area contributed by atoms with Crippen LogP contribution in [0.2, 0.25) is 0 Å². The molecule has 2 heterocycles. The number of benzene rings is 2. The molecule has 2 aliphatic heterocycles. The molecule has 4 rings (SSSR count). The van der Waals surface area contributed by atoms with Crippen LogP contribution in [-0.4, -0.2) is 43.7 Å². The maximum Gasteiger partial charge on any atom is 0.234 e. The number of nitrogens with zero attached hydrogens (tertiary/aromatic N) is 1. The molecule has 1 unspecified atom stereocenters. The summed E-state index contributed by atoms with van der Waals surface area (Å²) in [4.78, 5) is 14.8. The molecule has 154 valence electrons. The third-order valence-electron chi connectivity index (χ3n) is 5.84. The molecule has 2 aromatic carbocycles. The van der Waals surface area contributed by atoms with Crippen molar-refractivity contribution < 1.29 is 14.3 Å². The second kappa shape index (κ2) is 9.31. The van der Waals surface area contributed by atoms with E-state index in [4.69, 9.17) is 9.47 Å². The maximum atomic E-state index is 12.5. The van der Waals surface area contributed by atoms with Gasteiger partial charge in [-0.3, -0.25) is 9.69 Å². The fraction of sp³-hybridized carbons (Fsp3) is 0.458. The number of ether oxygens (including phenoxy) is 2. The molecular weight excluding hydrogens is 364 g/mol. The number of hydrogen-bond acceptors (Lipinski definition) is 4. The standard InChI is InChI=1S/C24H30N2O3/c1-18-6-2-3-7-19(18)11-12-25-24(27)17-26-13-4-8-21(26)20-9-10-22-23(16-20)29-15-5-14-28-22/h2-3,6-7,9-10,16,21H,4-5,8,11-15,17H2,1H3,(H,25,27). The molecule has 1 fully saturated rings. The number of hydrogen-bond donors (Lipinski definition) is 1.